The van der Waals surface area contributed by atoms with Crippen molar-refractivity contribution in [2.24, 2.45) is 0 Å². The molecule has 6 aromatic carbocycles. The van der Waals surface area contributed by atoms with Crippen LogP contribution in [0.3, 0.4) is 0 Å². The fraction of sp³-hybridized carbons (Fsp3) is 0.100. The van der Waals surface area contributed by atoms with Crippen LogP contribution in [-0.4, -0.2) is 0 Å². The zero-order valence-corrected chi connectivity index (χ0v) is 34.5. The second-order valence-corrected chi connectivity index (χ2v) is 14.5. The molecule has 0 atom stereocenters. The maximum atomic E-state index is 16.2. The Morgan fingerprint density at radius 2 is 0.256 bits per heavy atom. The molecule has 0 spiro atoms. The first-order chi connectivity index (χ1) is 35.3. The highest BCUT2D eigenvalue weighted by atomic mass is 19.4. The summed E-state index contributed by atoms with van der Waals surface area (Å²) >= 11 is 0. The first-order valence-corrected chi connectivity index (χ1v) is 18.4. The third-order valence-electron chi connectivity index (χ3n) is 10.2. The number of anilines is 6. The Labute approximate surface area is 400 Å². The van der Waals surface area contributed by atoms with Gasteiger partial charge in [0.25, 0.3) is 0 Å². The van der Waals surface area contributed by atoms with E-state index in [2.05, 4.69) is 0 Å². The van der Waals surface area contributed by atoms with Gasteiger partial charge in [0, 0.05) is 0 Å². The van der Waals surface area contributed by atoms with E-state index in [0.29, 0.717) is 0 Å². The monoisotopic (exact) mass is 1190 g/mol. The van der Waals surface area contributed by atoms with Gasteiger partial charge in [0.1, 0.15) is 56.4 Å². The lowest BCUT2D eigenvalue weighted by molar-refractivity contribution is -0.144. The van der Waals surface area contributed by atoms with Crippen molar-refractivity contribution < 1.29 is 158 Å². The maximum Gasteiger partial charge on any atom is 0.422 e. The van der Waals surface area contributed by atoms with Crippen LogP contribution in [0.5, 0.6) is 0 Å². The minimum absolute atomic E-state index is 2.42. The van der Waals surface area contributed by atoms with Crippen LogP contribution in [0.25, 0.3) is 11.1 Å². The lowest BCUT2D eigenvalue weighted by Crippen LogP contribution is -2.27. The molecule has 6 aromatic rings. The van der Waals surface area contributed by atoms with Gasteiger partial charge >= 0.3 is 24.7 Å². The van der Waals surface area contributed by atoms with Gasteiger partial charge in [-0.25, -0.2) is 105 Å². The summed E-state index contributed by atoms with van der Waals surface area (Å²) < 4.78 is 532. The highest BCUT2D eigenvalue weighted by molar-refractivity contribution is 5.85. The van der Waals surface area contributed by atoms with Crippen LogP contribution >= 0.6 is 0 Å². The van der Waals surface area contributed by atoms with Crippen LogP contribution < -0.4 is 9.80 Å². The van der Waals surface area contributed by atoms with Crippen LogP contribution in [0, 0.1) is 140 Å². The smallest absolute Gasteiger partial charge is 0.294 e. The highest BCUT2D eigenvalue weighted by Crippen LogP contribution is 2.54. The molecule has 38 heteroatoms. The molecule has 6 rings (SSSR count). The first-order valence-electron chi connectivity index (χ1n) is 18.4. The van der Waals surface area contributed by atoms with Gasteiger partial charge in [0.05, 0.1) is 11.1 Å². The predicted molar refractivity (Wildman–Crippen MR) is 180 cm³/mol. The van der Waals surface area contributed by atoms with Gasteiger partial charge in [-0.2, -0.15) is 52.7 Å². The van der Waals surface area contributed by atoms with Crippen molar-refractivity contribution >= 4 is 34.1 Å². The van der Waals surface area contributed by atoms with E-state index in [1.807, 2.05) is 0 Å². The molecule has 78 heavy (non-hydrogen) atoms. The molecule has 0 N–H and O–H groups in total. The molecule has 0 bridgehead atoms. The van der Waals surface area contributed by atoms with Crippen molar-refractivity contribution in [2.75, 3.05) is 9.80 Å². The summed E-state index contributed by atoms with van der Waals surface area (Å²) in [5.41, 5.74) is -45.6. The summed E-state index contributed by atoms with van der Waals surface area (Å²) in [6, 6.07) is 0. The van der Waals surface area contributed by atoms with Crippen LogP contribution in [0.1, 0.15) is 22.3 Å². The Kier molecular flexibility index (Phi) is 14.6. The van der Waals surface area contributed by atoms with Gasteiger partial charge in [0.2, 0.25) is 0 Å². The second kappa shape index (κ2) is 19.1. The van der Waals surface area contributed by atoms with E-state index in [0.717, 1.165) is 0 Å². The summed E-state index contributed by atoms with van der Waals surface area (Å²) in [5.74, 6) is -97.7. The zero-order valence-electron chi connectivity index (χ0n) is 34.5. The molecule has 0 saturated carbocycles. The van der Waals surface area contributed by atoms with Gasteiger partial charge < -0.3 is 0 Å². The van der Waals surface area contributed by atoms with E-state index in [4.69, 9.17) is 0 Å². The van der Waals surface area contributed by atoms with E-state index in [1.165, 1.54) is 0 Å². The molecule has 0 aliphatic rings. The molecule has 0 saturated heterocycles. The van der Waals surface area contributed by atoms with E-state index in [-0.39, 0.29) is 0 Å². The molecule has 0 unspecified atom stereocenters. The minimum atomic E-state index is -6.73. The Morgan fingerprint density at radius 3 is 0.359 bits per heavy atom. The number of benzene rings is 6. The molecule has 422 valence electrons. The third kappa shape index (κ3) is 8.75. The molecule has 0 fully saturated rings. The van der Waals surface area contributed by atoms with E-state index >= 15 is 70.2 Å². The SMILES string of the molecule is Fc1c(F)c(N(c2c(F)c(F)c(C(F)(F)F)c(F)c2F)c2c(F)c(F)c(C(F)(F)F)c(F)c2F)c(F)c(F)c1-c1c(F)c(F)c(N(c2c(F)c(F)c(C(F)(F)F)c(F)c2F)c2c(F)c(F)c(C(F)(F)F)c(F)c2F)c(F)c1F. The van der Waals surface area contributed by atoms with Crippen LogP contribution in [-0.2, 0) is 24.7 Å². The minimum Gasteiger partial charge on any atom is -0.294 e. The predicted octanol–water partition coefficient (Wildman–Crippen LogP) is 17.7. The molecule has 0 amide bonds. The van der Waals surface area contributed by atoms with Crippen molar-refractivity contribution in [2.45, 2.75) is 24.7 Å². The fourth-order valence-electron chi connectivity index (χ4n) is 7.00. The molecule has 2 nitrogen and oxygen atoms in total. The first kappa shape index (κ1) is 59.6. The van der Waals surface area contributed by atoms with E-state index in [1.54, 1.807) is 0 Å². The Morgan fingerprint density at radius 1 is 0.154 bits per heavy atom. The van der Waals surface area contributed by atoms with Crippen molar-refractivity contribution in [3.05, 3.63) is 162 Å². The topological polar surface area (TPSA) is 6.48 Å². The maximum absolute atomic E-state index is 16.2. The van der Waals surface area contributed by atoms with Crippen molar-refractivity contribution in [3.63, 3.8) is 0 Å². The Bertz CT molecular complexity index is 3000. The van der Waals surface area contributed by atoms with Crippen LogP contribution in [0.2, 0.25) is 0 Å². The van der Waals surface area contributed by atoms with E-state index < -0.39 is 242 Å². The Hall–Kier alpha value is -7.60. The molecule has 0 heterocycles. The lowest BCUT2D eigenvalue weighted by Gasteiger charge is -2.30. The quantitative estimate of drug-likeness (QED) is 0.116. The van der Waals surface area contributed by atoms with Gasteiger partial charge in [-0.05, 0) is 0 Å². The highest BCUT2D eigenvalue weighted by Gasteiger charge is 2.51. The van der Waals surface area contributed by atoms with Gasteiger partial charge in [-0.3, -0.25) is 9.80 Å². The van der Waals surface area contributed by atoms with E-state index in [9.17, 15) is 87.8 Å². The molecular formula is C40F36N2. The van der Waals surface area contributed by atoms with Gasteiger partial charge in [-0.1, -0.05) is 0 Å². The molecule has 0 aromatic heterocycles. The largest absolute Gasteiger partial charge is 0.422 e. The zero-order chi connectivity index (χ0) is 59.9. The average Bonchev–Trinajstić information content (AvgIpc) is 3.29. The molecular weight excluding hydrogens is 1190 g/mol. The number of rotatable bonds is 7. The fourth-order valence-corrected chi connectivity index (χ4v) is 7.00. The summed E-state index contributed by atoms with van der Waals surface area (Å²) in [5, 5.41) is 0. The number of hydrogen-bond acceptors (Lipinski definition) is 2. The number of hydrogen-bond donors (Lipinski definition) is 0. The van der Waals surface area contributed by atoms with Crippen LogP contribution in [0.4, 0.5) is 192 Å². The summed E-state index contributed by atoms with van der Waals surface area (Å²) in [6.45, 7) is 0. The molecule has 0 aliphatic heterocycles. The standard InChI is InChI=1S/C40F36N2/c41-7-1(8(42)20(54)31(19(7)53)77(33-23(57)11(45)3(37(65,66)67)12(46)24(33)58)34-25(59)13(47)4(38(68,69)70)14(48)26(34)60)2-9(43)21(55)32(22(56)10(2)44)78(35-27(61)15(49)5(39(71,72)73)16(50)28(35)62)36-29(63)17(51)6(40(74,75)76)18(52)30(36)64. The van der Waals surface area contributed by atoms with Gasteiger partial charge in [0.15, 0.2) is 140 Å². The summed E-state index contributed by atoms with van der Waals surface area (Å²) in [7, 11) is 0. The number of alkyl halides is 12. The molecule has 0 radical (unpaired) electrons. The lowest BCUT2D eigenvalue weighted by atomic mass is 9.98. The average molecular weight is 1190 g/mol. The van der Waals surface area contributed by atoms with Crippen LogP contribution in [0.15, 0.2) is 0 Å². The van der Waals surface area contributed by atoms with Crippen molar-refractivity contribution in [1.82, 2.24) is 0 Å². The molecule has 0 aliphatic carbocycles. The second-order valence-electron chi connectivity index (χ2n) is 14.5. The van der Waals surface area contributed by atoms with Crippen molar-refractivity contribution in [3.8, 4) is 11.1 Å². The summed E-state index contributed by atoms with van der Waals surface area (Å²) in [4.78, 5) is -4.83. The number of nitrogens with zero attached hydrogens (tertiary/aromatic N) is 2. The number of halogens is 36. The normalized spacial score (nSPS) is 12.6. The third-order valence-corrected chi connectivity index (χ3v) is 10.2. The Balaban J connectivity index is 1.82. The van der Waals surface area contributed by atoms with Gasteiger partial charge in [-0.15, -0.1) is 0 Å². The van der Waals surface area contributed by atoms with Crippen molar-refractivity contribution in [1.29, 1.82) is 0 Å². The summed E-state index contributed by atoms with van der Waals surface area (Å²) in [6.07, 6.45) is -26.9.